The Morgan fingerprint density at radius 1 is 1.09 bits per heavy atom. The first-order valence-corrected chi connectivity index (χ1v) is 7.88. The zero-order valence-corrected chi connectivity index (χ0v) is 14.6. The normalized spacial score (nSPS) is 10.7. The van der Waals surface area contributed by atoms with E-state index in [4.69, 9.17) is 32.7 Å². The second-order valence-electron chi connectivity index (χ2n) is 5.24. The number of nitrogens with one attached hydrogen (secondary N) is 1. The van der Waals surface area contributed by atoms with E-state index in [-0.39, 0.29) is 11.1 Å². The average Bonchev–Trinajstić information content (AvgIpc) is 2.49. The van der Waals surface area contributed by atoms with E-state index >= 15 is 0 Å². The van der Waals surface area contributed by atoms with Crippen LogP contribution in [0.2, 0.25) is 10.0 Å². The zero-order valence-electron chi connectivity index (χ0n) is 13.1. The van der Waals surface area contributed by atoms with Crippen LogP contribution >= 0.6 is 23.2 Å². The van der Waals surface area contributed by atoms with Crippen LogP contribution in [-0.4, -0.2) is 13.2 Å². The van der Waals surface area contributed by atoms with Crippen molar-refractivity contribution in [3.8, 4) is 11.5 Å². The minimum absolute atomic E-state index is 0.0188. The van der Waals surface area contributed by atoms with Gasteiger partial charge in [0.1, 0.15) is 5.82 Å². The van der Waals surface area contributed by atoms with E-state index in [1.807, 2.05) is 19.9 Å². The van der Waals surface area contributed by atoms with E-state index in [2.05, 4.69) is 5.32 Å². The maximum absolute atomic E-state index is 13.2. The Morgan fingerprint density at radius 3 is 2.43 bits per heavy atom. The van der Waals surface area contributed by atoms with Gasteiger partial charge in [-0.1, -0.05) is 23.2 Å². The molecule has 2 aromatic carbocycles. The van der Waals surface area contributed by atoms with Crippen molar-refractivity contribution in [3.63, 3.8) is 0 Å². The molecule has 0 bridgehead atoms. The maximum atomic E-state index is 13.2. The van der Waals surface area contributed by atoms with Gasteiger partial charge in [0.05, 0.1) is 18.2 Å². The fourth-order valence-corrected chi connectivity index (χ4v) is 2.42. The maximum Gasteiger partial charge on any atom is 0.163 e. The van der Waals surface area contributed by atoms with Gasteiger partial charge in [-0.3, -0.25) is 0 Å². The van der Waals surface area contributed by atoms with E-state index in [9.17, 15) is 4.39 Å². The van der Waals surface area contributed by atoms with E-state index in [1.165, 1.54) is 12.1 Å². The van der Waals surface area contributed by atoms with Gasteiger partial charge in [-0.25, -0.2) is 4.39 Å². The molecule has 0 saturated carbocycles. The summed E-state index contributed by atoms with van der Waals surface area (Å²) in [6.07, 6.45) is 0.0188. The van der Waals surface area contributed by atoms with Crippen molar-refractivity contribution in [1.82, 2.24) is 0 Å². The first kappa shape index (κ1) is 17.7. The van der Waals surface area contributed by atoms with Crippen LogP contribution in [0.5, 0.6) is 11.5 Å². The molecule has 3 nitrogen and oxygen atoms in total. The Bertz CT molecular complexity index is 693. The van der Waals surface area contributed by atoms with Gasteiger partial charge in [-0.15, -0.1) is 0 Å². The summed E-state index contributed by atoms with van der Waals surface area (Å²) in [6, 6.07) is 8.00. The molecule has 0 saturated heterocycles. The first-order valence-electron chi connectivity index (χ1n) is 7.12. The summed E-state index contributed by atoms with van der Waals surface area (Å²) in [5, 5.41) is 3.78. The van der Waals surface area contributed by atoms with E-state index in [0.717, 1.165) is 5.56 Å². The Kier molecular flexibility index (Phi) is 5.97. The summed E-state index contributed by atoms with van der Waals surface area (Å²) in [5.74, 6) is 0.755. The van der Waals surface area contributed by atoms with Crippen LogP contribution in [0.1, 0.15) is 19.4 Å². The van der Waals surface area contributed by atoms with Gasteiger partial charge >= 0.3 is 0 Å². The van der Waals surface area contributed by atoms with Crippen LogP contribution in [0, 0.1) is 5.82 Å². The molecule has 0 amide bonds. The van der Waals surface area contributed by atoms with Crippen LogP contribution in [0.25, 0.3) is 0 Å². The number of anilines is 1. The summed E-state index contributed by atoms with van der Waals surface area (Å²) >= 11 is 12.1. The summed E-state index contributed by atoms with van der Waals surface area (Å²) in [4.78, 5) is 0. The fourth-order valence-electron chi connectivity index (χ4n) is 2.02. The predicted octanol–water partition coefficient (Wildman–Crippen LogP) is 5.54. The fraction of sp³-hybridized carbons (Fsp3) is 0.294. The number of benzene rings is 2. The molecule has 0 aromatic heterocycles. The van der Waals surface area contributed by atoms with E-state index < -0.39 is 5.82 Å². The predicted molar refractivity (Wildman–Crippen MR) is 92.5 cm³/mol. The molecule has 2 aromatic rings. The van der Waals surface area contributed by atoms with Crippen molar-refractivity contribution < 1.29 is 13.9 Å². The highest BCUT2D eigenvalue weighted by Gasteiger charge is 2.12. The molecule has 0 fully saturated rings. The van der Waals surface area contributed by atoms with E-state index in [1.54, 1.807) is 19.2 Å². The third-order valence-electron chi connectivity index (χ3n) is 3.10. The van der Waals surface area contributed by atoms with Gasteiger partial charge in [0.15, 0.2) is 11.5 Å². The van der Waals surface area contributed by atoms with Crippen LogP contribution in [0.4, 0.5) is 10.1 Å². The molecular formula is C17H18Cl2FNO2. The molecule has 0 aliphatic carbocycles. The Morgan fingerprint density at radius 2 is 1.83 bits per heavy atom. The first-order chi connectivity index (χ1) is 10.9. The van der Waals surface area contributed by atoms with Crippen molar-refractivity contribution in [2.45, 2.75) is 26.5 Å². The summed E-state index contributed by atoms with van der Waals surface area (Å²) in [6.45, 7) is 4.31. The minimum atomic E-state index is -0.452. The number of methoxy groups -OCH3 is 1. The van der Waals surface area contributed by atoms with Gasteiger partial charge < -0.3 is 14.8 Å². The van der Waals surface area contributed by atoms with Crippen LogP contribution in [0.3, 0.4) is 0 Å². The van der Waals surface area contributed by atoms with Crippen molar-refractivity contribution >= 4 is 28.9 Å². The zero-order chi connectivity index (χ0) is 17.0. The molecule has 2 rings (SSSR count). The lowest BCUT2D eigenvalue weighted by atomic mass is 10.2. The highest BCUT2D eigenvalue weighted by Crippen LogP contribution is 2.34. The Hall–Kier alpha value is -1.65. The standard InChI is InChI=1S/C17H18Cl2FNO2/c1-10(2)23-17-8-13(18)11(6-16(17)22-3)9-21-12-4-5-15(20)14(19)7-12/h4-8,10,21H,9H2,1-3H3. The number of hydrogen-bond acceptors (Lipinski definition) is 3. The summed E-state index contributed by atoms with van der Waals surface area (Å²) in [7, 11) is 1.58. The van der Waals surface area contributed by atoms with Crippen LogP contribution < -0.4 is 14.8 Å². The van der Waals surface area contributed by atoms with Crippen LogP contribution in [0.15, 0.2) is 30.3 Å². The van der Waals surface area contributed by atoms with Crippen molar-refractivity contribution in [2.24, 2.45) is 0 Å². The number of rotatable bonds is 6. The molecule has 0 heterocycles. The average molecular weight is 358 g/mol. The molecule has 0 spiro atoms. The molecule has 0 radical (unpaired) electrons. The largest absolute Gasteiger partial charge is 0.493 e. The Labute approximate surface area is 145 Å². The molecule has 0 aliphatic rings. The molecule has 6 heteroatoms. The van der Waals surface area contributed by atoms with Crippen LogP contribution in [-0.2, 0) is 6.54 Å². The Balaban J connectivity index is 2.17. The smallest absolute Gasteiger partial charge is 0.163 e. The third-order valence-corrected chi connectivity index (χ3v) is 3.74. The topological polar surface area (TPSA) is 30.5 Å². The minimum Gasteiger partial charge on any atom is -0.493 e. The second kappa shape index (κ2) is 7.75. The molecule has 1 N–H and O–H groups in total. The van der Waals surface area contributed by atoms with Gasteiger partial charge in [-0.05, 0) is 43.7 Å². The quantitative estimate of drug-likeness (QED) is 0.735. The molecule has 23 heavy (non-hydrogen) atoms. The SMILES string of the molecule is COc1cc(CNc2ccc(F)c(Cl)c2)c(Cl)cc1OC(C)C. The molecule has 0 atom stereocenters. The summed E-state index contributed by atoms with van der Waals surface area (Å²) in [5.41, 5.74) is 1.54. The second-order valence-corrected chi connectivity index (χ2v) is 6.06. The van der Waals surface area contributed by atoms with Crippen molar-refractivity contribution in [2.75, 3.05) is 12.4 Å². The number of halogens is 3. The monoisotopic (exact) mass is 357 g/mol. The number of hydrogen-bond donors (Lipinski definition) is 1. The van der Waals surface area contributed by atoms with Crippen molar-refractivity contribution in [1.29, 1.82) is 0 Å². The van der Waals surface area contributed by atoms with Gasteiger partial charge in [-0.2, -0.15) is 0 Å². The lowest BCUT2D eigenvalue weighted by molar-refractivity contribution is 0.230. The molecular weight excluding hydrogens is 340 g/mol. The van der Waals surface area contributed by atoms with Gasteiger partial charge in [0.2, 0.25) is 0 Å². The highest BCUT2D eigenvalue weighted by atomic mass is 35.5. The van der Waals surface area contributed by atoms with E-state index in [0.29, 0.717) is 28.8 Å². The highest BCUT2D eigenvalue weighted by molar-refractivity contribution is 6.31. The molecule has 124 valence electrons. The third kappa shape index (κ3) is 4.66. The number of ether oxygens (including phenoxy) is 2. The lowest BCUT2D eigenvalue weighted by Gasteiger charge is -2.16. The van der Waals surface area contributed by atoms with Gasteiger partial charge in [0, 0.05) is 23.3 Å². The lowest BCUT2D eigenvalue weighted by Crippen LogP contribution is -2.08. The van der Waals surface area contributed by atoms with Gasteiger partial charge in [0.25, 0.3) is 0 Å². The van der Waals surface area contributed by atoms with Crippen molar-refractivity contribution in [3.05, 3.63) is 51.8 Å². The molecule has 0 aliphatic heterocycles. The molecule has 0 unspecified atom stereocenters. The summed E-state index contributed by atoms with van der Waals surface area (Å²) < 4.78 is 24.2.